The minimum atomic E-state index is -1.46. The average molecular weight is 208 g/mol. The van der Waals surface area contributed by atoms with E-state index in [0.717, 1.165) is 5.75 Å². The molecular formula is C12H20OSi. The highest BCUT2D eigenvalue weighted by Gasteiger charge is 2.16. The van der Waals surface area contributed by atoms with Crippen molar-refractivity contribution in [1.82, 2.24) is 0 Å². The van der Waals surface area contributed by atoms with Crippen LogP contribution in [0.3, 0.4) is 0 Å². The Hall–Kier alpha value is -0.763. The van der Waals surface area contributed by atoms with Crippen LogP contribution in [0.1, 0.15) is 25.3 Å². The Bertz CT molecular complexity index is 299. The van der Waals surface area contributed by atoms with Crippen molar-refractivity contribution in [2.45, 2.75) is 39.4 Å². The Morgan fingerprint density at radius 3 is 2.29 bits per heavy atom. The number of hydrogen-bond acceptors (Lipinski definition) is 1. The second-order valence-corrected chi connectivity index (χ2v) is 9.37. The number of hydrogen-bond donors (Lipinski definition) is 0. The molecule has 1 aromatic carbocycles. The van der Waals surface area contributed by atoms with E-state index in [9.17, 15) is 0 Å². The molecular weight excluding hydrogens is 188 g/mol. The first-order valence-corrected chi connectivity index (χ1v) is 8.58. The maximum Gasteiger partial charge on any atom is 0.242 e. The summed E-state index contributed by atoms with van der Waals surface area (Å²) < 4.78 is 5.93. The average Bonchev–Trinajstić information content (AvgIpc) is 2.01. The topological polar surface area (TPSA) is 9.23 Å². The molecule has 1 rings (SSSR count). The molecule has 0 saturated heterocycles. The zero-order valence-electron chi connectivity index (χ0n) is 9.79. The van der Waals surface area contributed by atoms with E-state index in [4.69, 9.17) is 4.43 Å². The highest BCUT2D eigenvalue weighted by Crippen LogP contribution is 2.22. The van der Waals surface area contributed by atoms with Gasteiger partial charge in [-0.2, -0.15) is 0 Å². The summed E-state index contributed by atoms with van der Waals surface area (Å²) in [4.78, 5) is 0. The Morgan fingerprint density at radius 1 is 1.14 bits per heavy atom. The van der Waals surface area contributed by atoms with Gasteiger partial charge in [0.1, 0.15) is 5.75 Å². The summed E-state index contributed by atoms with van der Waals surface area (Å²) >= 11 is 0. The molecule has 0 saturated carbocycles. The van der Waals surface area contributed by atoms with Crippen molar-refractivity contribution in [3.05, 3.63) is 29.8 Å². The van der Waals surface area contributed by atoms with Gasteiger partial charge in [0, 0.05) is 0 Å². The van der Waals surface area contributed by atoms with E-state index >= 15 is 0 Å². The molecule has 0 spiro atoms. The van der Waals surface area contributed by atoms with Gasteiger partial charge in [0.15, 0.2) is 0 Å². The van der Waals surface area contributed by atoms with Crippen LogP contribution in [-0.4, -0.2) is 8.32 Å². The smallest absolute Gasteiger partial charge is 0.242 e. The van der Waals surface area contributed by atoms with E-state index in [-0.39, 0.29) is 0 Å². The van der Waals surface area contributed by atoms with Gasteiger partial charge in [0.25, 0.3) is 0 Å². The Labute approximate surface area is 88.2 Å². The van der Waals surface area contributed by atoms with E-state index in [2.05, 4.69) is 51.7 Å². The van der Waals surface area contributed by atoms with Gasteiger partial charge in [-0.1, -0.05) is 26.0 Å². The summed E-state index contributed by atoms with van der Waals surface area (Å²) in [5, 5.41) is 0. The van der Waals surface area contributed by atoms with E-state index in [1.165, 1.54) is 5.56 Å². The molecule has 14 heavy (non-hydrogen) atoms. The third-order valence-corrected chi connectivity index (χ3v) is 2.80. The third-order valence-electron chi connectivity index (χ3n) is 1.95. The first-order chi connectivity index (χ1) is 6.38. The zero-order valence-corrected chi connectivity index (χ0v) is 10.8. The second kappa shape index (κ2) is 4.18. The molecule has 0 heterocycles. The van der Waals surface area contributed by atoms with Crippen molar-refractivity contribution in [2.75, 3.05) is 0 Å². The molecule has 0 unspecified atom stereocenters. The Balaban J connectivity index is 2.84. The lowest BCUT2D eigenvalue weighted by molar-refractivity contribution is 0.556. The summed E-state index contributed by atoms with van der Waals surface area (Å²) in [5.74, 6) is 1.59. The van der Waals surface area contributed by atoms with Crippen molar-refractivity contribution in [1.29, 1.82) is 0 Å². The summed E-state index contributed by atoms with van der Waals surface area (Å²) in [5.41, 5.74) is 1.35. The predicted molar refractivity (Wildman–Crippen MR) is 64.5 cm³/mol. The number of benzene rings is 1. The van der Waals surface area contributed by atoms with Crippen molar-refractivity contribution in [3.8, 4) is 5.75 Å². The molecule has 0 aliphatic carbocycles. The maximum absolute atomic E-state index is 5.93. The van der Waals surface area contributed by atoms with Crippen LogP contribution in [0.25, 0.3) is 0 Å². The van der Waals surface area contributed by atoms with Crippen LogP contribution < -0.4 is 4.43 Å². The molecule has 0 atom stereocenters. The van der Waals surface area contributed by atoms with Crippen molar-refractivity contribution in [2.24, 2.45) is 0 Å². The lowest BCUT2D eigenvalue weighted by Crippen LogP contribution is -2.29. The van der Waals surface area contributed by atoms with Gasteiger partial charge in [0.2, 0.25) is 8.32 Å². The minimum absolute atomic E-state index is 0.570. The van der Waals surface area contributed by atoms with Gasteiger partial charge in [-0.25, -0.2) is 0 Å². The van der Waals surface area contributed by atoms with Crippen LogP contribution in [0.2, 0.25) is 19.6 Å². The van der Waals surface area contributed by atoms with E-state index in [1.54, 1.807) is 0 Å². The molecule has 0 amide bonds. The summed E-state index contributed by atoms with van der Waals surface area (Å²) in [6.45, 7) is 11.0. The highest BCUT2D eigenvalue weighted by molar-refractivity contribution is 6.70. The van der Waals surface area contributed by atoms with Gasteiger partial charge >= 0.3 is 0 Å². The fourth-order valence-electron chi connectivity index (χ4n) is 1.29. The van der Waals surface area contributed by atoms with Crippen LogP contribution >= 0.6 is 0 Å². The largest absolute Gasteiger partial charge is 0.544 e. The Morgan fingerprint density at radius 2 is 1.79 bits per heavy atom. The summed E-state index contributed by atoms with van der Waals surface area (Å²) in [6.07, 6.45) is 0. The molecule has 0 N–H and O–H groups in total. The SMILES string of the molecule is CC(C)c1cccc(O[Si](C)(C)C)c1. The molecule has 1 nitrogen and oxygen atoms in total. The lowest BCUT2D eigenvalue weighted by atomic mass is 10.0. The van der Waals surface area contributed by atoms with Crippen molar-refractivity contribution < 1.29 is 4.43 Å². The standard InChI is InChI=1S/C12H20OSi/c1-10(2)11-7-6-8-12(9-11)13-14(3,4)5/h6-10H,1-5H3. The second-order valence-electron chi connectivity index (χ2n) is 4.94. The fraction of sp³-hybridized carbons (Fsp3) is 0.500. The lowest BCUT2D eigenvalue weighted by Gasteiger charge is -2.20. The van der Waals surface area contributed by atoms with Gasteiger partial charge in [-0.3, -0.25) is 0 Å². The molecule has 1 aromatic rings. The monoisotopic (exact) mass is 208 g/mol. The van der Waals surface area contributed by atoms with Gasteiger partial charge in [-0.05, 0) is 43.3 Å². The van der Waals surface area contributed by atoms with Gasteiger partial charge in [0.05, 0.1) is 0 Å². The zero-order chi connectivity index (χ0) is 10.8. The van der Waals surface area contributed by atoms with Gasteiger partial charge < -0.3 is 4.43 Å². The molecule has 78 valence electrons. The van der Waals surface area contributed by atoms with Crippen molar-refractivity contribution in [3.63, 3.8) is 0 Å². The molecule has 0 bridgehead atoms. The van der Waals surface area contributed by atoms with E-state index < -0.39 is 8.32 Å². The maximum atomic E-state index is 5.93. The molecule has 2 heteroatoms. The summed E-state index contributed by atoms with van der Waals surface area (Å²) in [6, 6.07) is 8.43. The molecule has 0 aliphatic heterocycles. The van der Waals surface area contributed by atoms with Crippen LogP contribution in [0.5, 0.6) is 5.75 Å². The molecule has 0 aromatic heterocycles. The molecule has 0 radical (unpaired) electrons. The van der Waals surface area contributed by atoms with Crippen LogP contribution in [0, 0.1) is 0 Å². The van der Waals surface area contributed by atoms with Crippen LogP contribution in [0.4, 0.5) is 0 Å². The normalized spacial score (nSPS) is 11.9. The molecule has 0 fully saturated rings. The first kappa shape index (κ1) is 11.3. The van der Waals surface area contributed by atoms with Crippen LogP contribution in [-0.2, 0) is 0 Å². The number of rotatable bonds is 3. The quantitative estimate of drug-likeness (QED) is 0.682. The van der Waals surface area contributed by atoms with Crippen LogP contribution in [0.15, 0.2) is 24.3 Å². The highest BCUT2D eigenvalue weighted by atomic mass is 28.4. The van der Waals surface area contributed by atoms with E-state index in [1.807, 2.05) is 6.07 Å². The van der Waals surface area contributed by atoms with E-state index in [0.29, 0.717) is 5.92 Å². The predicted octanol–water partition coefficient (Wildman–Crippen LogP) is 4.02. The molecule has 0 aliphatic rings. The fourth-order valence-corrected chi connectivity index (χ4v) is 2.12. The van der Waals surface area contributed by atoms with Gasteiger partial charge in [-0.15, -0.1) is 0 Å². The van der Waals surface area contributed by atoms with Crippen molar-refractivity contribution >= 4 is 8.32 Å². The Kier molecular flexibility index (Phi) is 3.37. The first-order valence-electron chi connectivity index (χ1n) is 5.17. The summed E-state index contributed by atoms with van der Waals surface area (Å²) in [7, 11) is -1.46. The minimum Gasteiger partial charge on any atom is -0.544 e. The third kappa shape index (κ3) is 3.54.